The first-order chi connectivity index (χ1) is 9.10. The average Bonchev–Trinajstić information content (AvgIpc) is 2.38. The zero-order valence-electron chi connectivity index (χ0n) is 9.74. The number of benzene rings is 1. The van der Waals surface area contributed by atoms with Crippen LogP contribution in [0.5, 0.6) is 17.4 Å². The summed E-state index contributed by atoms with van der Waals surface area (Å²) in [6.07, 6.45) is 2.70. The molecule has 1 aromatic heterocycles. The van der Waals surface area contributed by atoms with Crippen molar-refractivity contribution in [2.75, 3.05) is 7.11 Å². The monoisotopic (exact) mass is 281 g/mol. The molecule has 0 atom stereocenters. The third kappa shape index (κ3) is 3.08. The fourth-order valence-electron chi connectivity index (χ4n) is 1.37. The van der Waals surface area contributed by atoms with Gasteiger partial charge < -0.3 is 9.47 Å². The number of nitrogens with zero attached hydrogens (tertiary/aromatic N) is 3. The molecule has 1 aromatic carbocycles. The van der Waals surface area contributed by atoms with Crippen molar-refractivity contribution in [1.82, 2.24) is 9.97 Å². The van der Waals surface area contributed by atoms with Gasteiger partial charge >= 0.3 is 5.69 Å². The highest BCUT2D eigenvalue weighted by Gasteiger charge is 2.16. The van der Waals surface area contributed by atoms with Crippen molar-refractivity contribution >= 4 is 17.3 Å². The van der Waals surface area contributed by atoms with Crippen LogP contribution < -0.4 is 9.47 Å². The molecule has 2 rings (SSSR count). The highest BCUT2D eigenvalue weighted by molar-refractivity contribution is 6.29. The van der Waals surface area contributed by atoms with Gasteiger partial charge in [0.2, 0.25) is 5.88 Å². The molecule has 0 amide bonds. The van der Waals surface area contributed by atoms with Crippen molar-refractivity contribution in [3.05, 3.63) is 45.9 Å². The summed E-state index contributed by atoms with van der Waals surface area (Å²) in [5, 5.41) is 11.0. The van der Waals surface area contributed by atoms with Gasteiger partial charge in [0.15, 0.2) is 10.9 Å². The molecule has 98 valence electrons. The van der Waals surface area contributed by atoms with Crippen LogP contribution in [-0.2, 0) is 0 Å². The van der Waals surface area contributed by atoms with Crippen molar-refractivity contribution in [2.45, 2.75) is 0 Å². The molecule has 1 heterocycles. The van der Waals surface area contributed by atoms with Crippen LogP contribution in [0.2, 0.25) is 5.15 Å². The van der Waals surface area contributed by atoms with Crippen LogP contribution in [0.25, 0.3) is 0 Å². The van der Waals surface area contributed by atoms with Gasteiger partial charge in [-0.05, 0) is 12.1 Å². The third-order valence-electron chi connectivity index (χ3n) is 2.15. The van der Waals surface area contributed by atoms with E-state index >= 15 is 0 Å². The topological polar surface area (TPSA) is 87.4 Å². The number of ether oxygens (including phenoxy) is 2. The molecule has 0 spiro atoms. The molecule has 8 heteroatoms. The van der Waals surface area contributed by atoms with Crippen LogP contribution in [-0.4, -0.2) is 22.0 Å². The number of methoxy groups -OCH3 is 1. The van der Waals surface area contributed by atoms with Crippen LogP contribution in [0, 0.1) is 10.1 Å². The Morgan fingerprint density at radius 2 is 2.16 bits per heavy atom. The first-order valence-electron chi connectivity index (χ1n) is 5.08. The third-order valence-corrected chi connectivity index (χ3v) is 2.33. The molecular formula is C11H8ClN3O4. The summed E-state index contributed by atoms with van der Waals surface area (Å²) in [6.45, 7) is 0. The number of nitro benzene ring substituents is 1. The molecule has 0 fully saturated rings. The molecule has 0 saturated heterocycles. The molecule has 0 unspecified atom stereocenters. The Hall–Kier alpha value is -2.41. The van der Waals surface area contributed by atoms with Crippen molar-refractivity contribution in [3.8, 4) is 17.4 Å². The van der Waals surface area contributed by atoms with Crippen molar-refractivity contribution in [3.63, 3.8) is 0 Å². The predicted molar refractivity (Wildman–Crippen MR) is 66.8 cm³/mol. The molecule has 19 heavy (non-hydrogen) atoms. The Labute approximate surface area is 112 Å². The van der Waals surface area contributed by atoms with Gasteiger partial charge in [-0.2, -0.15) is 4.98 Å². The van der Waals surface area contributed by atoms with E-state index in [9.17, 15) is 10.1 Å². The molecule has 2 aromatic rings. The molecule has 0 aliphatic carbocycles. The lowest BCUT2D eigenvalue weighted by Crippen LogP contribution is -1.95. The van der Waals surface area contributed by atoms with E-state index in [-0.39, 0.29) is 28.2 Å². The van der Waals surface area contributed by atoms with Gasteiger partial charge in [0.1, 0.15) is 5.75 Å². The Kier molecular flexibility index (Phi) is 3.76. The summed E-state index contributed by atoms with van der Waals surface area (Å²) in [5.41, 5.74) is -0.199. The minimum absolute atomic E-state index is 0.145. The van der Waals surface area contributed by atoms with Gasteiger partial charge in [0.25, 0.3) is 0 Å². The Balaban J connectivity index is 2.31. The highest BCUT2D eigenvalue weighted by Crippen LogP contribution is 2.32. The quantitative estimate of drug-likeness (QED) is 0.632. The Morgan fingerprint density at radius 1 is 1.37 bits per heavy atom. The number of aromatic nitrogens is 2. The number of hydrogen-bond donors (Lipinski definition) is 0. The van der Waals surface area contributed by atoms with E-state index in [1.807, 2.05) is 0 Å². The molecule has 7 nitrogen and oxygen atoms in total. The lowest BCUT2D eigenvalue weighted by molar-refractivity contribution is -0.385. The SMILES string of the molecule is COc1ccc(Oc2cncc(Cl)n2)cc1[N+](=O)[O-]. The fourth-order valence-corrected chi connectivity index (χ4v) is 1.51. The van der Waals surface area contributed by atoms with Gasteiger partial charge in [-0.3, -0.25) is 15.1 Å². The maximum absolute atomic E-state index is 10.9. The van der Waals surface area contributed by atoms with Gasteiger partial charge in [-0.15, -0.1) is 0 Å². The second kappa shape index (κ2) is 5.49. The standard InChI is InChI=1S/C11H8ClN3O4/c1-18-9-3-2-7(4-8(9)15(16)17)19-11-6-13-5-10(12)14-11/h2-6H,1H3. The van der Waals surface area contributed by atoms with Crippen molar-refractivity contribution < 1.29 is 14.4 Å². The largest absolute Gasteiger partial charge is 0.490 e. The number of rotatable bonds is 4. The summed E-state index contributed by atoms with van der Waals surface area (Å²) >= 11 is 5.66. The molecule has 0 radical (unpaired) electrons. The number of nitro groups is 1. The molecule has 0 N–H and O–H groups in total. The summed E-state index contributed by atoms with van der Waals surface area (Å²) in [4.78, 5) is 18.0. The maximum Gasteiger partial charge on any atom is 0.314 e. The molecule has 0 aliphatic heterocycles. The van der Waals surface area contributed by atoms with E-state index in [0.717, 1.165) is 0 Å². The fraction of sp³-hybridized carbons (Fsp3) is 0.0909. The average molecular weight is 282 g/mol. The summed E-state index contributed by atoms with van der Waals surface area (Å²) in [5.74, 6) is 0.533. The minimum Gasteiger partial charge on any atom is -0.490 e. The molecule has 0 bridgehead atoms. The van der Waals surface area contributed by atoms with Crippen LogP contribution in [0.3, 0.4) is 0 Å². The van der Waals surface area contributed by atoms with Gasteiger partial charge in [0, 0.05) is 0 Å². The van der Waals surface area contributed by atoms with E-state index in [2.05, 4.69) is 9.97 Å². The molecular weight excluding hydrogens is 274 g/mol. The lowest BCUT2D eigenvalue weighted by atomic mass is 10.3. The van der Waals surface area contributed by atoms with Crippen LogP contribution in [0.15, 0.2) is 30.6 Å². The number of halogens is 1. The molecule has 0 aliphatic rings. The van der Waals surface area contributed by atoms with E-state index in [0.29, 0.717) is 0 Å². The highest BCUT2D eigenvalue weighted by atomic mass is 35.5. The van der Waals surface area contributed by atoms with Crippen LogP contribution in [0.1, 0.15) is 0 Å². The maximum atomic E-state index is 10.9. The summed E-state index contributed by atoms with van der Waals surface area (Å²) < 4.78 is 10.2. The Morgan fingerprint density at radius 3 is 2.79 bits per heavy atom. The minimum atomic E-state index is -0.560. The second-order valence-electron chi connectivity index (χ2n) is 3.37. The smallest absolute Gasteiger partial charge is 0.314 e. The van der Waals surface area contributed by atoms with E-state index in [1.54, 1.807) is 0 Å². The Bertz CT molecular complexity index is 621. The van der Waals surface area contributed by atoms with E-state index in [4.69, 9.17) is 21.1 Å². The normalized spacial score (nSPS) is 10.0. The van der Waals surface area contributed by atoms with Gasteiger partial charge in [-0.25, -0.2) is 0 Å². The predicted octanol–water partition coefficient (Wildman–Crippen LogP) is 2.84. The zero-order chi connectivity index (χ0) is 13.8. The van der Waals surface area contributed by atoms with E-state index in [1.165, 1.54) is 37.7 Å². The van der Waals surface area contributed by atoms with Gasteiger partial charge in [-0.1, -0.05) is 11.6 Å². The number of hydrogen-bond acceptors (Lipinski definition) is 6. The first kappa shape index (κ1) is 13.0. The lowest BCUT2D eigenvalue weighted by Gasteiger charge is -2.06. The van der Waals surface area contributed by atoms with Crippen LogP contribution in [0.4, 0.5) is 5.69 Å². The first-order valence-corrected chi connectivity index (χ1v) is 5.46. The summed E-state index contributed by atoms with van der Waals surface area (Å²) in [7, 11) is 1.35. The van der Waals surface area contributed by atoms with Crippen LogP contribution >= 0.6 is 11.6 Å². The molecule has 0 saturated carbocycles. The van der Waals surface area contributed by atoms with E-state index < -0.39 is 4.92 Å². The summed E-state index contributed by atoms with van der Waals surface area (Å²) in [6, 6.07) is 4.20. The zero-order valence-corrected chi connectivity index (χ0v) is 10.5. The van der Waals surface area contributed by atoms with Crippen molar-refractivity contribution in [2.24, 2.45) is 0 Å². The van der Waals surface area contributed by atoms with Gasteiger partial charge in [0.05, 0.1) is 30.5 Å². The van der Waals surface area contributed by atoms with Crippen molar-refractivity contribution in [1.29, 1.82) is 0 Å². The second-order valence-corrected chi connectivity index (χ2v) is 3.76.